The average molecular weight is 187 g/mol. The van der Waals surface area contributed by atoms with Crippen LogP contribution in [0.4, 0.5) is 0 Å². The number of aryl methyl sites for hydroxylation is 1. The minimum atomic E-state index is -0.422. The van der Waals surface area contributed by atoms with Crippen molar-refractivity contribution in [3.05, 3.63) is 29.8 Å². The van der Waals surface area contributed by atoms with Gasteiger partial charge in [-0.1, -0.05) is 42.4 Å². The molecule has 0 nitrogen and oxygen atoms in total. The Morgan fingerprint density at radius 2 is 2.00 bits per heavy atom. The molecule has 1 unspecified atom stereocenters. The van der Waals surface area contributed by atoms with Gasteiger partial charge in [0.05, 0.1) is 0 Å². The molecule has 0 aliphatic rings. The monoisotopic (exact) mass is 186 g/mol. The minimum Gasteiger partial charge on any atom is -0.0912 e. The third-order valence-corrected chi connectivity index (χ3v) is 4.50. The Bertz CT molecular complexity index is 235. The van der Waals surface area contributed by atoms with Crippen LogP contribution < -0.4 is 5.30 Å². The lowest BCUT2D eigenvalue weighted by molar-refractivity contribution is 1.49. The molecule has 1 aromatic carbocycles. The summed E-state index contributed by atoms with van der Waals surface area (Å²) >= 11 is 6.16. The maximum Gasteiger partial charge on any atom is 0.0212 e. The largest absolute Gasteiger partial charge is 0.0912 e. The van der Waals surface area contributed by atoms with Crippen LogP contribution in [0.15, 0.2) is 24.3 Å². The summed E-state index contributed by atoms with van der Waals surface area (Å²) in [5.41, 5.74) is 1.32. The Hall–Kier alpha value is -0.0600. The van der Waals surface area contributed by atoms with Crippen LogP contribution in [-0.2, 0) is 0 Å². The molecule has 0 aliphatic carbocycles. The predicted octanol–water partition coefficient (Wildman–Crippen LogP) is 3.28. The lowest BCUT2D eigenvalue weighted by Gasteiger charge is -2.09. The zero-order valence-electron chi connectivity index (χ0n) is 6.84. The van der Waals surface area contributed by atoms with Gasteiger partial charge in [-0.05, 0) is 24.0 Å². The van der Waals surface area contributed by atoms with E-state index in [0.29, 0.717) is 0 Å². The molecule has 11 heavy (non-hydrogen) atoms. The Morgan fingerprint density at radius 3 is 2.55 bits per heavy atom. The van der Waals surface area contributed by atoms with Crippen molar-refractivity contribution in [2.45, 2.75) is 13.8 Å². The molecular formula is C9H12ClP. The first-order chi connectivity index (χ1) is 5.25. The van der Waals surface area contributed by atoms with Gasteiger partial charge in [0.1, 0.15) is 0 Å². The maximum absolute atomic E-state index is 6.16. The van der Waals surface area contributed by atoms with Crippen LogP contribution in [0.25, 0.3) is 0 Å². The zero-order valence-corrected chi connectivity index (χ0v) is 8.49. The molecule has 1 atom stereocenters. The second-order valence-electron chi connectivity index (χ2n) is 2.46. The van der Waals surface area contributed by atoms with Crippen LogP contribution in [-0.4, -0.2) is 6.16 Å². The van der Waals surface area contributed by atoms with E-state index in [1.165, 1.54) is 10.9 Å². The van der Waals surface area contributed by atoms with Crippen LogP contribution in [0, 0.1) is 6.92 Å². The standard InChI is InChI=1S/C9H12ClP/c1-3-11(10)9-7-5-4-6-8(9)2/h4-7H,3H2,1-2H3. The summed E-state index contributed by atoms with van der Waals surface area (Å²) in [5.74, 6) is 0. The van der Waals surface area contributed by atoms with E-state index in [1.807, 2.05) is 0 Å². The van der Waals surface area contributed by atoms with E-state index in [-0.39, 0.29) is 0 Å². The van der Waals surface area contributed by atoms with Crippen molar-refractivity contribution in [2.75, 3.05) is 6.16 Å². The molecule has 0 fully saturated rings. The molecule has 1 aromatic rings. The van der Waals surface area contributed by atoms with Crippen LogP contribution in [0.2, 0.25) is 0 Å². The fourth-order valence-corrected chi connectivity index (χ4v) is 2.62. The second-order valence-corrected chi connectivity index (χ2v) is 5.53. The molecular weight excluding hydrogens is 175 g/mol. The van der Waals surface area contributed by atoms with Gasteiger partial charge in [0, 0.05) is 7.27 Å². The quantitative estimate of drug-likeness (QED) is 0.622. The van der Waals surface area contributed by atoms with Gasteiger partial charge >= 0.3 is 0 Å². The van der Waals surface area contributed by atoms with Crippen LogP contribution in [0.5, 0.6) is 0 Å². The summed E-state index contributed by atoms with van der Waals surface area (Å²) in [4.78, 5) is 0. The topological polar surface area (TPSA) is 0 Å². The van der Waals surface area contributed by atoms with Crippen molar-refractivity contribution >= 4 is 23.8 Å². The number of halogens is 1. The number of hydrogen-bond acceptors (Lipinski definition) is 0. The zero-order chi connectivity index (χ0) is 8.27. The third-order valence-electron chi connectivity index (χ3n) is 1.65. The van der Waals surface area contributed by atoms with Gasteiger partial charge in [0.15, 0.2) is 0 Å². The van der Waals surface area contributed by atoms with Gasteiger partial charge in [0.2, 0.25) is 0 Å². The van der Waals surface area contributed by atoms with Crippen molar-refractivity contribution in [3.8, 4) is 0 Å². The molecule has 0 aliphatic heterocycles. The van der Waals surface area contributed by atoms with Gasteiger partial charge in [-0.2, -0.15) is 0 Å². The lowest BCUT2D eigenvalue weighted by atomic mass is 10.2. The molecule has 60 valence electrons. The van der Waals surface area contributed by atoms with E-state index in [4.69, 9.17) is 11.2 Å². The van der Waals surface area contributed by atoms with Crippen molar-refractivity contribution < 1.29 is 0 Å². The number of benzene rings is 1. The van der Waals surface area contributed by atoms with Gasteiger partial charge in [-0.15, -0.1) is 0 Å². The molecule has 2 heteroatoms. The van der Waals surface area contributed by atoms with E-state index in [1.54, 1.807) is 0 Å². The molecule has 0 spiro atoms. The van der Waals surface area contributed by atoms with Crippen molar-refractivity contribution in [2.24, 2.45) is 0 Å². The summed E-state index contributed by atoms with van der Waals surface area (Å²) < 4.78 is 0. The first-order valence-electron chi connectivity index (χ1n) is 3.74. The number of hydrogen-bond donors (Lipinski definition) is 0. The Kier molecular flexibility index (Phi) is 3.36. The molecule has 0 aromatic heterocycles. The minimum absolute atomic E-state index is 0.422. The normalized spacial score (nSPS) is 13.0. The highest BCUT2D eigenvalue weighted by molar-refractivity contribution is 7.90. The Balaban J connectivity index is 2.93. The highest BCUT2D eigenvalue weighted by Crippen LogP contribution is 2.39. The molecule has 0 radical (unpaired) electrons. The fourth-order valence-electron chi connectivity index (χ4n) is 1.01. The van der Waals surface area contributed by atoms with E-state index in [9.17, 15) is 0 Å². The van der Waals surface area contributed by atoms with Gasteiger partial charge in [-0.25, -0.2) is 0 Å². The van der Waals surface area contributed by atoms with Gasteiger partial charge in [-0.3, -0.25) is 0 Å². The summed E-state index contributed by atoms with van der Waals surface area (Å²) in [6.07, 6.45) is 1.06. The smallest absolute Gasteiger partial charge is 0.0212 e. The van der Waals surface area contributed by atoms with Gasteiger partial charge < -0.3 is 0 Å². The molecule has 0 heterocycles. The SMILES string of the molecule is CCP(Cl)c1ccccc1C. The average Bonchev–Trinajstić information content (AvgIpc) is 2.04. The second kappa shape index (κ2) is 4.09. The first kappa shape index (κ1) is 9.03. The predicted molar refractivity (Wildman–Crippen MR) is 54.1 cm³/mol. The van der Waals surface area contributed by atoms with Crippen molar-refractivity contribution in [1.82, 2.24) is 0 Å². The Morgan fingerprint density at radius 1 is 1.36 bits per heavy atom. The van der Waals surface area contributed by atoms with E-state index >= 15 is 0 Å². The van der Waals surface area contributed by atoms with E-state index < -0.39 is 7.27 Å². The number of rotatable bonds is 2. The molecule has 0 N–H and O–H groups in total. The van der Waals surface area contributed by atoms with Crippen LogP contribution in [0.1, 0.15) is 12.5 Å². The van der Waals surface area contributed by atoms with Crippen molar-refractivity contribution in [1.29, 1.82) is 0 Å². The highest BCUT2D eigenvalue weighted by Gasteiger charge is 2.05. The summed E-state index contributed by atoms with van der Waals surface area (Å²) in [5, 5.41) is 1.33. The summed E-state index contributed by atoms with van der Waals surface area (Å²) in [6.45, 7) is 4.24. The lowest BCUT2D eigenvalue weighted by Crippen LogP contribution is -2.02. The summed E-state index contributed by atoms with van der Waals surface area (Å²) in [7, 11) is -0.422. The summed E-state index contributed by atoms with van der Waals surface area (Å²) in [6, 6.07) is 8.34. The molecule has 0 saturated carbocycles. The van der Waals surface area contributed by atoms with Crippen LogP contribution in [0.3, 0.4) is 0 Å². The highest BCUT2D eigenvalue weighted by atomic mass is 35.7. The molecule has 0 bridgehead atoms. The van der Waals surface area contributed by atoms with Gasteiger partial charge in [0.25, 0.3) is 0 Å². The Labute approximate surface area is 74.1 Å². The first-order valence-corrected chi connectivity index (χ1v) is 6.18. The molecule has 0 saturated heterocycles. The van der Waals surface area contributed by atoms with Crippen molar-refractivity contribution in [3.63, 3.8) is 0 Å². The molecule has 0 amide bonds. The molecule has 1 rings (SSSR count). The maximum atomic E-state index is 6.16. The van der Waals surface area contributed by atoms with E-state index in [0.717, 1.165) is 6.16 Å². The third kappa shape index (κ3) is 2.18. The fraction of sp³-hybridized carbons (Fsp3) is 0.333. The van der Waals surface area contributed by atoms with E-state index in [2.05, 4.69) is 38.1 Å². The van der Waals surface area contributed by atoms with Crippen LogP contribution >= 0.6 is 18.5 Å².